The van der Waals surface area contributed by atoms with Crippen molar-refractivity contribution in [2.75, 3.05) is 38.7 Å². The zero-order valence-corrected chi connectivity index (χ0v) is 12.6. The molecule has 1 aliphatic rings. The van der Waals surface area contributed by atoms with Crippen molar-refractivity contribution in [3.05, 3.63) is 24.3 Å². The molecule has 1 fully saturated rings. The summed E-state index contributed by atoms with van der Waals surface area (Å²) in [5, 5.41) is 6.18. The van der Waals surface area contributed by atoms with E-state index in [1.165, 1.54) is 12.8 Å². The van der Waals surface area contributed by atoms with Crippen LogP contribution >= 0.6 is 0 Å². The van der Waals surface area contributed by atoms with Crippen molar-refractivity contribution >= 4 is 11.6 Å². The molecule has 5 heteroatoms. The van der Waals surface area contributed by atoms with Gasteiger partial charge in [0.1, 0.15) is 12.4 Å². The minimum Gasteiger partial charge on any atom is -0.497 e. The first-order valence-corrected chi connectivity index (χ1v) is 7.50. The molecule has 0 aromatic heterocycles. The molecule has 1 saturated heterocycles. The van der Waals surface area contributed by atoms with Crippen LogP contribution in [0.4, 0.5) is 5.69 Å². The highest BCUT2D eigenvalue weighted by molar-refractivity contribution is 5.91. The lowest BCUT2D eigenvalue weighted by molar-refractivity contribution is -0.120. The van der Waals surface area contributed by atoms with E-state index in [1.54, 1.807) is 7.11 Å². The van der Waals surface area contributed by atoms with Gasteiger partial charge in [-0.25, -0.2) is 0 Å². The number of methoxy groups -OCH3 is 1. The highest BCUT2D eigenvalue weighted by Gasteiger charge is 2.12. The molecule has 1 aromatic carbocycles. The average Bonchev–Trinajstić information content (AvgIpc) is 2.53. The lowest BCUT2D eigenvalue weighted by Gasteiger charge is -2.22. The second-order valence-electron chi connectivity index (χ2n) is 5.33. The van der Waals surface area contributed by atoms with E-state index in [2.05, 4.69) is 10.6 Å². The maximum Gasteiger partial charge on any atom is 0.250 e. The van der Waals surface area contributed by atoms with Gasteiger partial charge in [0.15, 0.2) is 0 Å². The number of nitrogens with one attached hydrogen (secondary N) is 2. The first-order chi connectivity index (χ1) is 10.3. The van der Waals surface area contributed by atoms with Crippen molar-refractivity contribution in [1.29, 1.82) is 0 Å². The van der Waals surface area contributed by atoms with E-state index in [4.69, 9.17) is 9.47 Å². The van der Waals surface area contributed by atoms with Crippen molar-refractivity contribution in [1.82, 2.24) is 5.32 Å². The molecule has 1 amide bonds. The summed E-state index contributed by atoms with van der Waals surface area (Å²) in [7, 11) is 1.61. The van der Waals surface area contributed by atoms with Crippen LogP contribution in [0.2, 0.25) is 0 Å². The van der Waals surface area contributed by atoms with Gasteiger partial charge in [-0.3, -0.25) is 4.79 Å². The summed E-state index contributed by atoms with van der Waals surface area (Å²) in [4.78, 5) is 11.7. The third kappa shape index (κ3) is 5.73. The summed E-state index contributed by atoms with van der Waals surface area (Å²) in [5.74, 6) is 1.33. The Kier molecular flexibility index (Phi) is 6.50. The van der Waals surface area contributed by atoms with E-state index in [1.807, 2.05) is 24.3 Å². The Morgan fingerprint density at radius 1 is 1.38 bits per heavy atom. The Morgan fingerprint density at radius 2 is 2.19 bits per heavy atom. The number of ether oxygens (including phenoxy) is 2. The Labute approximate surface area is 126 Å². The summed E-state index contributed by atoms with van der Waals surface area (Å²) in [5.41, 5.74) is 0.751. The van der Waals surface area contributed by atoms with Crippen LogP contribution < -0.4 is 15.4 Å². The predicted octanol–water partition coefficient (Wildman–Crippen LogP) is 2.04. The summed E-state index contributed by atoms with van der Waals surface area (Å²) >= 11 is 0. The zero-order valence-electron chi connectivity index (χ0n) is 12.6. The molecule has 1 heterocycles. The third-order valence-corrected chi connectivity index (χ3v) is 3.68. The number of hydrogen-bond acceptors (Lipinski definition) is 4. The topological polar surface area (TPSA) is 59.6 Å². The first-order valence-electron chi connectivity index (χ1n) is 7.50. The number of rotatable bonds is 7. The number of amides is 1. The molecule has 0 saturated carbocycles. The van der Waals surface area contributed by atoms with E-state index < -0.39 is 0 Å². The number of benzene rings is 1. The third-order valence-electron chi connectivity index (χ3n) is 3.68. The SMILES string of the molecule is COc1ccc(NC(=O)COCCC2CCCNC2)cc1. The van der Waals surface area contributed by atoms with Gasteiger partial charge >= 0.3 is 0 Å². The number of carbonyl (C=O) groups is 1. The van der Waals surface area contributed by atoms with Gasteiger partial charge in [0.2, 0.25) is 5.91 Å². The smallest absolute Gasteiger partial charge is 0.250 e. The second-order valence-corrected chi connectivity index (χ2v) is 5.33. The molecule has 0 spiro atoms. The predicted molar refractivity (Wildman–Crippen MR) is 82.7 cm³/mol. The van der Waals surface area contributed by atoms with Crippen LogP contribution in [0.5, 0.6) is 5.75 Å². The van der Waals surface area contributed by atoms with E-state index in [0.29, 0.717) is 12.5 Å². The molecule has 0 bridgehead atoms. The van der Waals surface area contributed by atoms with Crippen molar-refractivity contribution in [3.63, 3.8) is 0 Å². The van der Waals surface area contributed by atoms with Crippen LogP contribution in [0.1, 0.15) is 19.3 Å². The quantitative estimate of drug-likeness (QED) is 0.755. The second kappa shape index (κ2) is 8.64. The fourth-order valence-electron chi connectivity index (χ4n) is 2.46. The van der Waals surface area contributed by atoms with Gasteiger partial charge in [-0.2, -0.15) is 0 Å². The molecule has 5 nitrogen and oxygen atoms in total. The van der Waals surface area contributed by atoms with Gasteiger partial charge in [-0.1, -0.05) is 0 Å². The van der Waals surface area contributed by atoms with Crippen LogP contribution in [0, 0.1) is 5.92 Å². The minimum atomic E-state index is -0.123. The van der Waals surface area contributed by atoms with Crippen molar-refractivity contribution in [2.24, 2.45) is 5.92 Å². The van der Waals surface area contributed by atoms with E-state index >= 15 is 0 Å². The summed E-state index contributed by atoms with van der Waals surface area (Å²) in [6.07, 6.45) is 3.51. The van der Waals surface area contributed by atoms with E-state index in [9.17, 15) is 4.79 Å². The Hall–Kier alpha value is -1.59. The molecule has 1 atom stereocenters. The molecular formula is C16H24N2O3. The lowest BCUT2D eigenvalue weighted by Crippen LogP contribution is -2.30. The average molecular weight is 292 g/mol. The number of carbonyl (C=O) groups excluding carboxylic acids is 1. The largest absolute Gasteiger partial charge is 0.497 e. The van der Waals surface area contributed by atoms with Crippen LogP contribution in [-0.2, 0) is 9.53 Å². The molecular weight excluding hydrogens is 268 g/mol. The maximum atomic E-state index is 11.7. The standard InChI is InChI=1S/C16H24N2O3/c1-20-15-6-4-14(5-7-15)18-16(19)12-21-10-8-13-3-2-9-17-11-13/h4-7,13,17H,2-3,8-12H2,1H3,(H,18,19). The van der Waals surface area contributed by atoms with Crippen molar-refractivity contribution in [3.8, 4) is 5.75 Å². The monoisotopic (exact) mass is 292 g/mol. The molecule has 0 aliphatic carbocycles. The summed E-state index contributed by atoms with van der Waals surface area (Å²) < 4.78 is 10.5. The van der Waals surface area contributed by atoms with Crippen molar-refractivity contribution < 1.29 is 14.3 Å². The summed E-state index contributed by atoms with van der Waals surface area (Å²) in [6, 6.07) is 7.24. The van der Waals surface area contributed by atoms with Crippen molar-refractivity contribution in [2.45, 2.75) is 19.3 Å². The molecule has 0 radical (unpaired) electrons. The Balaban J connectivity index is 1.60. The van der Waals surface area contributed by atoms with Gasteiger partial charge in [-0.15, -0.1) is 0 Å². The van der Waals surface area contributed by atoms with Gasteiger partial charge in [-0.05, 0) is 62.5 Å². The van der Waals surface area contributed by atoms with Crippen LogP contribution in [0.25, 0.3) is 0 Å². The maximum absolute atomic E-state index is 11.7. The molecule has 1 unspecified atom stereocenters. The fourth-order valence-corrected chi connectivity index (χ4v) is 2.46. The molecule has 2 rings (SSSR count). The van der Waals surface area contributed by atoms with Gasteiger partial charge in [0.05, 0.1) is 7.11 Å². The molecule has 116 valence electrons. The Morgan fingerprint density at radius 3 is 2.86 bits per heavy atom. The first kappa shape index (κ1) is 15.8. The summed E-state index contributed by atoms with van der Waals surface area (Å²) in [6.45, 7) is 2.94. The number of anilines is 1. The molecule has 1 aromatic rings. The molecule has 2 N–H and O–H groups in total. The van der Waals surface area contributed by atoms with Gasteiger partial charge < -0.3 is 20.1 Å². The lowest BCUT2D eigenvalue weighted by atomic mass is 9.97. The zero-order chi connectivity index (χ0) is 14.9. The van der Waals surface area contributed by atoms with Gasteiger partial charge in [0.25, 0.3) is 0 Å². The fraction of sp³-hybridized carbons (Fsp3) is 0.562. The molecule has 1 aliphatic heterocycles. The highest BCUT2D eigenvalue weighted by atomic mass is 16.5. The van der Waals surface area contributed by atoms with Crippen LogP contribution in [0.15, 0.2) is 24.3 Å². The minimum absolute atomic E-state index is 0.103. The Bertz CT molecular complexity index is 428. The highest BCUT2D eigenvalue weighted by Crippen LogP contribution is 2.15. The van der Waals surface area contributed by atoms with E-state index in [0.717, 1.165) is 30.9 Å². The number of hydrogen-bond donors (Lipinski definition) is 2. The normalized spacial score (nSPS) is 18.2. The van der Waals surface area contributed by atoms with E-state index in [-0.39, 0.29) is 12.5 Å². The van der Waals surface area contributed by atoms with Gasteiger partial charge in [0, 0.05) is 12.3 Å². The molecule has 21 heavy (non-hydrogen) atoms. The van der Waals surface area contributed by atoms with Crippen LogP contribution in [-0.4, -0.2) is 39.3 Å². The number of piperidine rings is 1. The van der Waals surface area contributed by atoms with Crippen LogP contribution in [0.3, 0.4) is 0 Å².